The summed E-state index contributed by atoms with van der Waals surface area (Å²) >= 11 is 0. The first-order valence-electron chi connectivity index (χ1n) is 6.30. The van der Waals surface area contributed by atoms with E-state index in [4.69, 9.17) is 20.2 Å². The Bertz CT molecular complexity index is 469. The van der Waals surface area contributed by atoms with Crippen molar-refractivity contribution in [3.8, 4) is 5.75 Å². The molecular weight excluding hydrogens is 260 g/mol. The Morgan fingerprint density at radius 3 is 2.50 bits per heavy atom. The fraction of sp³-hybridized carbons (Fsp3) is 0.500. The van der Waals surface area contributed by atoms with E-state index in [9.17, 15) is 4.79 Å². The number of amides is 1. The summed E-state index contributed by atoms with van der Waals surface area (Å²) in [7, 11) is 1.56. The van der Waals surface area contributed by atoms with E-state index in [1.165, 1.54) is 0 Å². The van der Waals surface area contributed by atoms with E-state index in [-0.39, 0.29) is 6.10 Å². The third-order valence-electron chi connectivity index (χ3n) is 2.52. The number of rotatable bonds is 4. The quantitative estimate of drug-likeness (QED) is 0.829. The summed E-state index contributed by atoms with van der Waals surface area (Å²) in [6.07, 6.45) is -0.875. The van der Waals surface area contributed by atoms with Crippen molar-refractivity contribution in [1.29, 1.82) is 0 Å². The fourth-order valence-corrected chi connectivity index (χ4v) is 1.62. The van der Waals surface area contributed by atoms with Crippen LogP contribution in [0.4, 0.5) is 10.5 Å². The van der Waals surface area contributed by atoms with E-state index >= 15 is 0 Å². The molecule has 0 aliphatic heterocycles. The maximum Gasteiger partial charge on any atom is 0.412 e. The van der Waals surface area contributed by atoms with Gasteiger partial charge in [-0.2, -0.15) is 0 Å². The van der Waals surface area contributed by atoms with Gasteiger partial charge in [-0.25, -0.2) is 10.7 Å². The number of nitrogens with one attached hydrogen (secondary N) is 1. The minimum atomic E-state index is -0.549. The third kappa shape index (κ3) is 4.71. The molecule has 0 saturated heterocycles. The van der Waals surface area contributed by atoms with Crippen molar-refractivity contribution in [2.24, 2.45) is 5.90 Å². The van der Waals surface area contributed by atoms with Crippen LogP contribution >= 0.6 is 0 Å². The SMILES string of the molecule is COc1ccc(NC(=O)OC(C)(C)C)cc1C(C)ON. The minimum Gasteiger partial charge on any atom is -0.496 e. The molecule has 0 aliphatic rings. The van der Waals surface area contributed by atoms with Gasteiger partial charge in [-0.05, 0) is 45.9 Å². The highest BCUT2D eigenvalue weighted by Crippen LogP contribution is 2.29. The standard InChI is InChI=1S/C14H22N2O4/c1-9(20-15)11-8-10(6-7-12(11)18-5)16-13(17)19-14(2,3)4/h6-9H,15H2,1-5H3,(H,16,17). The molecule has 0 radical (unpaired) electrons. The van der Waals surface area contributed by atoms with Crippen LogP contribution in [0.25, 0.3) is 0 Å². The van der Waals surface area contributed by atoms with Crippen molar-refractivity contribution in [2.75, 3.05) is 12.4 Å². The summed E-state index contributed by atoms with van der Waals surface area (Å²) < 4.78 is 10.4. The molecule has 112 valence electrons. The number of nitrogens with two attached hydrogens (primary N) is 1. The first kappa shape index (κ1) is 16.3. The number of hydrogen-bond donors (Lipinski definition) is 2. The zero-order valence-corrected chi connectivity index (χ0v) is 12.5. The van der Waals surface area contributed by atoms with Crippen LogP contribution in [0.1, 0.15) is 39.4 Å². The number of ether oxygens (including phenoxy) is 2. The third-order valence-corrected chi connectivity index (χ3v) is 2.52. The maximum absolute atomic E-state index is 11.7. The molecule has 1 rings (SSSR count). The largest absolute Gasteiger partial charge is 0.496 e. The van der Waals surface area contributed by atoms with Gasteiger partial charge in [0, 0.05) is 11.3 Å². The first-order chi connectivity index (χ1) is 9.26. The van der Waals surface area contributed by atoms with Gasteiger partial charge in [0.1, 0.15) is 17.5 Å². The van der Waals surface area contributed by atoms with E-state index in [2.05, 4.69) is 5.32 Å². The number of methoxy groups -OCH3 is 1. The predicted octanol–water partition coefficient (Wildman–Crippen LogP) is 2.99. The van der Waals surface area contributed by atoms with Crippen LogP contribution in [0, 0.1) is 0 Å². The molecule has 0 heterocycles. The van der Waals surface area contributed by atoms with E-state index in [0.717, 1.165) is 5.56 Å². The van der Waals surface area contributed by atoms with Gasteiger partial charge < -0.3 is 9.47 Å². The molecule has 6 heteroatoms. The molecule has 1 amide bonds. The Morgan fingerprint density at radius 1 is 1.35 bits per heavy atom. The monoisotopic (exact) mass is 282 g/mol. The highest BCUT2D eigenvalue weighted by Gasteiger charge is 2.17. The van der Waals surface area contributed by atoms with Gasteiger partial charge in [-0.3, -0.25) is 10.2 Å². The van der Waals surface area contributed by atoms with Crippen molar-refractivity contribution in [3.63, 3.8) is 0 Å². The van der Waals surface area contributed by atoms with Crippen LogP contribution in [-0.2, 0) is 9.57 Å². The molecule has 1 aromatic carbocycles. The molecule has 0 spiro atoms. The summed E-state index contributed by atoms with van der Waals surface area (Å²) in [5.74, 6) is 5.83. The highest BCUT2D eigenvalue weighted by molar-refractivity contribution is 5.85. The second-order valence-corrected chi connectivity index (χ2v) is 5.36. The summed E-state index contributed by atoms with van der Waals surface area (Å²) in [4.78, 5) is 16.5. The van der Waals surface area contributed by atoms with Crippen LogP contribution in [0.3, 0.4) is 0 Å². The molecule has 0 saturated carbocycles. The van der Waals surface area contributed by atoms with Gasteiger partial charge in [0.25, 0.3) is 0 Å². The number of hydrogen-bond acceptors (Lipinski definition) is 5. The van der Waals surface area contributed by atoms with E-state index in [1.54, 1.807) is 53.0 Å². The van der Waals surface area contributed by atoms with E-state index in [0.29, 0.717) is 11.4 Å². The molecule has 1 aromatic rings. The molecule has 3 N–H and O–H groups in total. The Labute approximate surface area is 119 Å². The van der Waals surface area contributed by atoms with Crippen molar-refractivity contribution >= 4 is 11.8 Å². The molecule has 0 aliphatic carbocycles. The smallest absolute Gasteiger partial charge is 0.412 e. The van der Waals surface area contributed by atoms with Crippen LogP contribution in [0.5, 0.6) is 5.75 Å². The number of benzene rings is 1. The lowest BCUT2D eigenvalue weighted by atomic mass is 10.1. The molecule has 1 atom stereocenters. The molecular formula is C14H22N2O4. The molecule has 0 aromatic heterocycles. The lowest BCUT2D eigenvalue weighted by molar-refractivity contribution is 0.0629. The summed E-state index contributed by atoms with van der Waals surface area (Å²) in [6.45, 7) is 7.19. The van der Waals surface area contributed by atoms with Crippen LogP contribution in [-0.4, -0.2) is 18.8 Å². The van der Waals surface area contributed by atoms with E-state index < -0.39 is 11.7 Å². The predicted molar refractivity (Wildman–Crippen MR) is 76.5 cm³/mol. The van der Waals surface area contributed by atoms with Gasteiger partial charge in [0.15, 0.2) is 0 Å². The lowest BCUT2D eigenvalue weighted by Crippen LogP contribution is -2.27. The second-order valence-electron chi connectivity index (χ2n) is 5.36. The van der Waals surface area contributed by atoms with Crippen LogP contribution in [0.2, 0.25) is 0 Å². The molecule has 0 fully saturated rings. The van der Waals surface area contributed by atoms with Gasteiger partial charge in [-0.1, -0.05) is 0 Å². The van der Waals surface area contributed by atoms with Crippen LogP contribution < -0.4 is 16.0 Å². The molecule has 0 bridgehead atoms. The van der Waals surface area contributed by atoms with Crippen molar-refractivity contribution in [1.82, 2.24) is 0 Å². The Kier molecular flexibility index (Phi) is 5.35. The van der Waals surface area contributed by atoms with Gasteiger partial charge >= 0.3 is 6.09 Å². The average Bonchev–Trinajstić information content (AvgIpc) is 2.35. The van der Waals surface area contributed by atoms with Crippen molar-refractivity contribution in [3.05, 3.63) is 23.8 Å². The fourth-order valence-electron chi connectivity index (χ4n) is 1.62. The maximum atomic E-state index is 11.7. The number of carbonyl (C=O) groups is 1. The summed E-state index contributed by atoms with van der Waals surface area (Å²) in [6, 6.07) is 5.19. The molecule has 1 unspecified atom stereocenters. The molecule has 6 nitrogen and oxygen atoms in total. The Hall–Kier alpha value is -1.79. The normalized spacial score (nSPS) is 12.7. The average molecular weight is 282 g/mol. The molecule has 20 heavy (non-hydrogen) atoms. The van der Waals surface area contributed by atoms with Gasteiger partial charge in [0.05, 0.1) is 7.11 Å². The van der Waals surface area contributed by atoms with Crippen molar-refractivity contribution < 1.29 is 19.1 Å². The Morgan fingerprint density at radius 2 is 2.00 bits per heavy atom. The Balaban J connectivity index is 2.89. The second kappa shape index (κ2) is 6.58. The zero-order chi connectivity index (χ0) is 15.3. The summed E-state index contributed by atoms with van der Waals surface area (Å²) in [5, 5.41) is 2.66. The highest BCUT2D eigenvalue weighted by atomic mass is 16.6. The lowest BCUT2D eigenvalue weighted by Gasteiger charge is -2.20. The minimum absolute atomic E-state index is 0.356. The number of anilines is 1. The topological polar surface area (TPSA) is 82.8 Å². The van der Waals surface area contributed by atoms with E-state index in [1.807, 2.05) is 0 Å². The summed E-state index contributed by atoms with van der Waals surface area (Å²) in [5.41, 5.74) is 0.773. The number of carbonyl (C=O) groups excluding carboxylic acids is 1. The first-order valence-corrected chi connectivity index (χ1v) is 6.30. The van der Waals surface area contributed by atoms with Gasteiger partial charge in [0.2, 0.25) is 0 Å². The van der Waals surface area contributed by atoms with Gasteiger partial charge in [-0.15, -0.1) is 0 Å². The van der Waals surface area contributed by atoms with Crippen molar-refractivity contribution in [2.45, 2.75) is 39.4 Å². The zero-order valence-electron chi connectivity index (χ0n) is 12.5. The van der Waals surface area contributed by atoms with Crippen LogP contribution in [0.15, 0.2) is 18.2 Å².